The van der Waals surface area contributed by atoms with E-state index in [1.165, 1.54) is 11.3 Å². The van der Waals surface area contributed by atoms with Crippen LogP contribution in [0, 0.1) is 0 Å². The van der Waals surface area contributed by atoms with Gasteiger partial charge in [-0.2, -0.15) is 0 Å². The van der Waals surface area contributed by atoms with Crippen LogP contribution in [0.4, 0.5) is 5.69 Å². The molecule has 124 valence electrons. The van der Waals surface area contributed by atoms with E-state index in [1.54, 1.807) is 13.2 Å². The minimum Gasteiger partial charge on any atom is -0.496 e. The highest BCUT2D eigenvalue weighted by atomic mass is 16.5. The molecule has 2 aromatic rings. The van der Waals surface area contributed by atoms with E-state index >= 15 is 0 Å². The van der Waals surface area contributed by atoms with Gasteiger partial charge in [-0.3, -0.25) is 0 Å². The number of carboxylic acids is 1. The molecule has 1 heterocycles. The number of carbonyl (C=O) groups is 1. The summed E-state index contributed by atoms with van der Waals surface area (Å²) < 4.78 is 5.49. The molecule has 3 rings (SSSR count). The summed E-state index contributed by atoms with van der Waals surface area (Å²) in [6.07, 6.45) is 5.01. The van der Waals surface area contributed by atoms with Crippen molar-refractivity contribution in [2.45, 2.75) is 19.4 Å². The van der Waals surface area contributed by atoms with Crippen molar-refractivity contribution < 1.29 is 14.6 Å². The Kier molecular flexibility index (Phi) is 4.85. The van der Waals surface area contributed by atoms with Gasteiger partial charge in [-0.15, -0.1) is 0 Å². The molecule has 0 fully saturated rings. The quantitative estimate of drug-likeness (QED) is 0.852. The Morgan fingerprint density at radius 1 is 1.29 bits per heavy atom. The molecule has 4 nitrogen and oxygen atoms in total. The zero-order valence-electron chi connectivity index (χ0n) is 13.7. The fourth-order valence-corrected chi connectivity index (χ4v) is 3.17. The van der Waals surface area contributed by atoms with E-state index in [1.807, 2.05) is 18.2 Å². The van der Waals surface area contributed by atoms with Crippen molar-refractivity contribution in [3.63, 3.8) is 0 Å². The second kappa shape index (κ2) is 7.21. The molecule has 2 aromatic carbocycles. The molecule has 1 N–H and O–H groups in total. The van der Waals surface area contributed by atoms with Crippen molar-refractivity contribution in [2.24, 2.45) is 0 Å². The van der Waals surface area contributed by atoms with E-state index in [0.29, 0.717) is 0 Å². The molecule has 0 atom stereocenters. The summed E-state index contributed by atoms with van der Waals surface area (Å²) in [5, 5.41) is 8.80. The summed E-state index contributed by atoms with van der Waals surface area (Å²) in [5.74, 6) is -0.122. The fraction of sp³-hybridized carbons (Fsp3) is 0.250. The number of anilines is 1. The van der Waals surface area contributed by atoms with Crippen LogP contribution in [0.25, 0.3) is 6.08 Å². The Balaban J connectivity index is 1.89. The van der Waals surface area contributed by atoms with Gasteiger partial charge in [0.25, 0.3) is 0 Å². The minimum atomic E-state index is -0.947. The molecule has 24 heavy (non-hydrogen) atoms. The van der Waals surface area contributed by atoms with Crippen LogP contribution in [0.2, 0.25) is 0 Å². The van der Waals surface area contributed by atoms with Crippen LogP contribution in [-0.2, 0) is 17.8 Å². The maximum Gasteiger partial charge on any atom is 0.328 e. The molecule has 0 spiro atoms. The molecule has 0 saturated heterocycles. The maximum absolute atomic E-state index is 10.7. The van der Waals surface area contributed by atoms with E-state index in [4.69, 9.17) is 9.84 Å². The van der Waals surface area contributed by atoms with E-state index in [9.17, 15) is 4.79 Å². The van der Waals surface area contributed by atoms with Gasteiger partial charge in [-0.05, 0) is 48.2 Å². The Labute approximate surface area is 142 Å². The summed E-state index contributed by atoms with van der Waals surface area (Å²) >= 11 is 0. The molecule has 0 bridgehead atoms. The first kappa shape index (κ1) is 16.1. The zero-order chi connectivity index (χ0) is 16.9. The van der Waals surface area contributed by atoms with Gasteiger partial charge in [0.05, 0.1) is 7.11 Å². The molecule has 0 radical (unpaired) electrons. The van der Waals surface area contributed by atoms with Crippen molar-refractivity contribution in [2.75, 3.05) is 18.6 Å². The predicted molar refractivity (Wildman–Crippen MR) is 95.5 cm³/mol. The minimum absolute atomic E-state index is 0.745. The first-order valence-corrected chi connectivity index (χ1v) is 8.08. The average Bonchev–Trinajstić information content (AvgIpc) is 2.60. The monoisotopic (exact) mass is 323 g/mol. The van der Waals surface area contributed by atoms with Gasteiger partial charge in [-0.1, -0.05) is 24.3 Å². The van der Waals surface area contributed by atoms with Gasteiger partial charge in [0.2, 0.25) is 0 Å². The van der Waals surface area contributed by atoms with Gasteiger partial charge < -0.3 is 14.7 Å². The van der Waals surface area contributed by atoms with Crippen LogP contribution in [0.5, 0.6) is 5.75 Å². The summed E-state index contributed by atoms with van der Waals surface area (Å²) in [6, 6.07) is 14.3. The first-order valence-electron chi connectivity index (χ1n) is 8.08. The highest BCUT2D eigenvalue weighted by Crippen LogP contribution is 2.30. The van der Waals surface area contributed by atoms with Gasteiger partial charge >= 0.3 is 5.97 Å². The summed E-state index contributed by atoms with van der Waals surface area (Å²) in [6.45, 7) is 1.75. The van der Waals surface area contributed by atoms with E-state index in [2.05, 4.69) is 29.2 Å². The molecular formula is C20H21NO3. The standard InChI is InChI=1S/C20H21NO3/c1-24-19-10-8-15(9-11-20(22)23)13-17(19)14-21-12-4-6-16-5-2-3-7-18(16)21/h2-3,5,7-11,13H,4,6,12,14H2,1H3,(H,22,23). The Hall–Kier alpha value is -2.75. The van der Waals surface area contributed by atoms with Gasteiger partial charge in [-0.25, -0.2) is 4.79 Å². The number of rotatable bonds is 5. The summed E-state index contributed by atoms with van der Waals surface area (Å²) in [5.41, 5.74) is 4.57. The molecule has 0 unspecified atom stereocenters. The molecule has 0 aromatic heterocycles. The topological polar surface area (TPSA) is 49.8 Å². The van der Waals surface area contributed by atoms with Crippen LogP contribution in [0.3, 0.4) is 0 Å². The number of hydrogen-bond acceptors (Lipinski definition) is 3. The Morgan fingerprint density at radius 3 is 2.92 bits per heavy atom. The molecule has 0 aliphatic carbocycles. The Morgan fingerprint density at radius 2 is 2.12 bits per heavy atom. The third-order valence-electron chi connectivity index (χ3n) is 4.29. The van der Waals surface area contributed by atoms with Crippen LogP contribution >= 0.6 is 0 Å². The number of aryl methyl sites for hydroxylation is 1. The average molecular weight is 323 g/mol. The number of aliphatic carboxylic acids is 1. The van der Waals surface area contributed by atoms with E-state index in [0.717, 1.165) is 48.9 Å². The van der Waals surface area contributed by atoms with E-state index in [-0.39, 0.29) is 0 Å². The molecule has 0 amide bonds. The van der Waals surface area contributed by atoms with Crippen LogP contribution in [-0.4, -0.2) is 24.7 Å². The molecule has 1 aliphatic rings. The fourth-order valence-electron chi connectivity index (χ4n) is 3.17. The molecule has 4 heteroatoms. The van der Waals surface area contributed by atoms with Crippen LogP contribution in [0.1, 0.15) is 23.1 Å². The lowest BCUT2D eigenvalue weighted by molar-refractivity contribution is -0.131. The van der Waals surface area contributed by atoms with Gasteiger partial charge in [0, 0.05) is 30.4 Å². The maximum atomic E-state index is 10.7. The number of hydrogen-bond donors (Lipinski definition) is 1. The van der Waals surface area contributed by atoms with Crippen molar-refractivity contribution in [3.8, 4) is 5.75 Å². The molecular weight excluding hydrogens is 302 g/mol. The highest BCUT2D eigenvalue weighted by molar-refractivity contribution is 5.85. The van der Waals surface area contributed by atoms with Crippen molar-refractivity contribution >= 4 is 17.7 Å². The second-order valence-electron chi connectivity index (χ2n) is 5.90. The summed E-state index contributed by atoms with van der Waals surface area (Å²) in [7, 11) is 1.66. The van der Waals surface area contributed by atoms with Crippen molar-refractivity contribution in [1.82, 2.24) is 0 Å². The number of fused-ring (bicyclic) bond motifs is 1. The lowest BCUT2D eigenvalue weighted by Gasteiger charge is -2.31. The lowest BCUT2D eigenvalue weighted by Crippen LogP contribution is -2.28. The molecule has 0 saturated carbocycles. The van der Waals surface area contributed by atoms with E-state index < -0.39 is 5.97 Å². The van der Waals surface area contributed by atoms with Crippen molar-refractivity contribution in [3.05, 3.63) is 65.2 Å². The number of para-hydroxylation sites is 1. The third-order valence-corrected chi connectivity index (χ3v) is 4.29. The third kappa shape index (κ3) is 3.59. The number of nitrogens with zero attached hydrogens (tertiary/aromatic N) is 1. The highest BCUT2D eigenvalue weighted by Gasteiger charge is 2.17. The normalized spacial score (nSPS) is 13.8. The SMILES string of the molecule is COc1ccc(C=CC(=O)O)cc1CN1CCCc2ccccc21. The number of methoxy groups -OCH3 is 1. The largest absolute Gasteiger partial charge is 0.496 e. The van der Waals surface area contributed by atoms with Crippen molar-refractivity contribution in [1.29, 1.82) is 0 Å². The smallest absolute Gasteiger partial charge is 0.328 e. The predicted octanol–water partition coefficient (Wildman–Crippen LogP) is 3.75. The number of benzene rings is 2. The number of carboxylic acid groups (broad SMARTS) is 1. The lowest BCUT2D eigenvalue weighted by atomic mass is 10.0. The molecule has 1 aliphatic heterocycles. The Bertz CT molecular complexity index is 767. The van der Waals surface area contributed by atoms with Crippen LogP contribution < -0.4 is 9.64 Å². The summed E-state index contributed by atoms with van der Waals surface area (Å²) in [4.78, 5) is 13.1. The van der Waals surface area contributed by atoms with Gasteiger partial charge in [0.1, 0.15) is 5.75 Å². The number of ether oxygens (including phenoxy) is 1. The first-order chi connectivity index (χ1) is 11.7. The van der Waals surface area contributed by atoms with Gasteiger partial charge in [0.15, 0.2) is 0 Å². The second-order valence-corrected chi connectivity index (χ2v) is 5.90. The zero-order valence-corrected chi connectivity index (χ0v) is 13.7. The van der Waals surface area contributed by atoms with Crippen LogP contribution in [0.15, 0.2) is 48.5 Å².